The molecule has 1 atom stereocenters. The molecule has 134 valence electrons. The highest BCUT2D eigenvalue weighted by molar-refractivity contribution is 9.10. The Bertz CT molecular complexity index is 682. The number of nitrogens with two attached hydrogens (primary N) is 1. The number of fused-ring (bicyclic) bond motifs is 1. The van der Waals surface area contributed by atoms with Crippen LogP contribution in [0, 0.1) is 0 Å². The molecule has 1 fully saturated rings. The van der Waals surface area contributed by atoms with Gasteiger partial charge in [-0.25, -0.2) is 4.98 Å². The first kappa shape index (κ1) is 21.6. The second-order valence-corrected chi connectivity index (χ2v) is 7.72. The number of amides is 1. The lowest BCUT2D eigenvalue weighted by Gasteiger charge is -2.35. The van der Waals surface area contributed by atoms with Crippen molar-refractivity contribution in [1.82, 2.24) is 9.88 Å². The second-order valence-electron chi connectivity index (χ2n) is 5.69. The fourth-order valence-electron chi connectivity index (χ4n) is 2.99. The Morgan fingerprint density at radius 1 is 1.38 bits per heavy atom. The Kier molecular flexibility index (Phi) is 8.95. The van der Waals surface area contributed by atoms with Crippen molar-refractivity contribution in [2.75, 3.05) is 13.1 Å². The molecule has 24 heavy (non-hydrogen) atoms. The van der Waals surface area contributed by atoms with Crippen LogP contribution in [-0.2, 0) is 11.2 Å². The lowest BCUT2D eigenvalue weighted by atomic mass is 10.0. The molecule has 1 saturated heterocycles. The number of hydrogen-bond acceptors (Lipinski definition) is 4. The van der Waals surface area contributed by atoms with Crippen molar-refractivity contribution in [2.24, 2.45) is 5.73 Å². The minimum atomic E-state index is 0. The van der Waals surface area contributed by atoms with Gasteiger partial charge in [0.1, 0.15) is 0 Å². The molecule has 3 rings (SSSR count). The minimum Gasteiger partial charge on any atom is -0.338 e. The van der Waals surface area contributed by atoms with E-state index in [2.05, 4.69) is 27.0 Å². The van der Waals surface area contributed by atoms with Crippen LogP contribution in [0.2, 0.25) is 0 Å². The molecule has 1 amide bonds. The van der Waals surface area contributed by atoms with Gasteiger partial charge in [0.05, 0.1) is 15.2 Å². The van der Waals surface area contributed by atoms with Crippen LogP contribution in [0.5, 0.6) is 0 Å². The summed E-state index contributed by atoms with van der Waals surface area (Å²) >= 11 is 5.14. The van der Waals surface area contributed by atoms with Crippen molar-refractivity contribution >= 4 is 68.2 Å². The van der Waals surface area contributed by atoms with Gasteiger partial charge in [-0.3, -0.25) is 4.79 Å². The van der Waals surface area contributed by atoms with E-state index in [9.17, 15) is 4.79 Å². The molecule has 0 aliphatic carbocycles. The normalized spacial score (nSPS) is 17.2. The Labute approximate surface area is 167 Å². The van der Waals surface area contributed by atoms with Gasteiger partial charge >= 0.3 is 0 Å². The van der Waals surface area contributed by atoms with Crippen molar-refractivity contribution in [1.29, 1.82) is 0 Å². The summed E-state index contributed by atoms with van der Waals surface area (Å²) in [6.45, 7) is 1.42. The summed E-state index contributed by atoms with van der Waals surface area (Å²) in [5.74, 6) is 0.218. The number of carbonyl (C=O) groups is 1. The van der Waals surface area contributed by atoms with Gasteiger partial charge in [0.15, 0.2) is 0 Å². The first-order chi connectivity index (χ1) is 10.7. The third-order valence-corrected chi connectivity index (χ3v) is 5.76. The highest BCUT2D eigenvalue weighted by Gasteiger charge is 2.25. The van der Waals surface area contributed by atoms with E-state index in [-0.39, 0.29) is 36.8 Å². The van der Waals surface area contributed by atoms with Gasteiger partial charge in [-0.1, -0.05) is 15.9 Å². The molecule has 2 N–H and O–H groups in total. The van der Waals surface area contributed by atoms with Crippen LogP contribution in [0.1, 0.15) is 30.7 Å². The number of nitrogens with zero attached hydrogens (tertiary/aromatic N) is 2. The van der Waals surface area contributed by atoms with Crippen molar-refractivity contribution in [2.45, 2.75) is 38.1 Å². The largest absolute Gasteiger partial charge is 0.338 e. The predicted octanol–water partition coefficient (Wildman–Crippen LogP) is 4.17. The fourth-order valence-corrected chi connectivity index (χ4v) is 4.28. The molecule has 0 radical (unpaired) electrons. The highest BCUT2D eigenvalue weighted by atomic mass is 79.9. The zero-order valence-corrected chi connectivity index (χ0v) is 17.3. The summed E-state index contributed by atoms with van der Waals surface area (Å²) in [7, 11) is 0. The molecule has 0 bridgehead atoms. The summed E-state index contributed by atoms with van der Waals surface area (Å²) in [5, 5.41) is 1.03. The Morgan fingerprint density at radius 3 is 2.92 bits per heavy atom. The van der Waals surface area contributed by atoms with Gasteiger partial charge in [0.25, 0.3) is 0 Å². The fraction of sp³-hybridized carbons (Fsp3) is 0.500. The molecular weight excluding hydrogens is 433 g/mol. The lowest BCUT2D eigenvalue weighted by molar-refractivity contribution is -0.134. The minimum absolute atomic E-state index is 0. The Hall–Kier alpha value is -0.400. The van der Waals surface area contributed by atoms with E-state index < -0.39 is 0 Å². The first-order valence-electron chi connectivity index (χ1n) is 7.72. The number of likely N-dealkylation sites (tertiary alicyclic amines) is 1. The van der Waals surface area contributed by atoms with Gasteiger partial charge < -0.3 is 10.6 Å². The standard InChI is InChI=1S/C16H20BrN3OS.2ClH/c17-11-4-5-14-13(9-11)19-15(22-14)6-7-16(21)20-8-2-1-3-12(20)10-18;;/h4-5,9,12H,1-3,6-8,10,18H2;2*1H. The molecule has 2 heterocycles. The molecule has 0 saturated carbocycles. The van der Waals surface area contributed by atoms with E-state index in [4.69, 9.17) is 5.73 Å². The van der Waals surface area contributed by atoms with Crippen LogP contribution in [0.25, 0.3) is 10.2 Å². The van der Waals surface area contributed by atoms with Crippen LogP contribution in [-0.4, -0.2) is 34.9 Å². The number of benzene rings is 1. The summed E-state index contributed by atoms with van der Waals surface area (Å²) < 4.78 is 2.20. The number of carbonyl (C=O) groups excluding carboxylic acids is 1. The number of rotatable bonds is 4. The third kappa shape index (κ3) is 5.05. The molecule has 1 aromatic carbocycles. The molecule has 1 aromatic heterocycles. The van der Waals surface area contributed by atoms with Gasteiger partial charge in [-0.05, 0) is 37.5 Å². The van der Waals surface area contributed by atoms with E-state index in [0.29, 0.717) is 19.4 Å². The van der Waals surface area contributed by atoms with Gasteiger partial charge in [0.2, 0.25) is 5.91 Å². The molecule has 1 aliphatic heterocycles. The van der Waals surface area contributed by atoms with Crippen molar-refractivity contribution in [3.05, 3.63) is 27.7 Å². The average Bonchev–Trinajstić information content (AvgIpc) is 2.94. The highest BCUT2D eigenvalue weighted by Crippen LogP contribution is 2.26. The molecular formula is C16H22BrCl2N3OS. The smallest absolute Gasteiger partial charge is 0.223 e. The molecule has 4 nitrogen and oxygen atoms in total. The van der Waals surface area contributed by atoms with Gasteiger partial charge in [-0.15, -0.1) is 36.2 Å². The van der Waals surface area contributed by atoms with Gasteiger partial charge in [-0.2, -0.15) is 0 Å². The van der Waals surface area contributed by atoms with Crippen molar-refractivity contribution in [3.63, 3.8) is 0 Å². The lowest BCUT2D eigenvalue weighted by Crippen LogP contribution is -2.47. The maximum absolute atomic E-state index is 12.4. The first-order valence-corrected chi connectivity index (χ1v) is 9.33. The Balaban J connectivity index is 0.00000144. The number of piperidine rings is 1. The average molecular weight is 455 g/mol. The second kappa shape index (κ2) is 9.92. The summed E-state index contributed by atoms with van der Waals surface area (Å²) in [5.41, 5.74) is 6.79. The number of aromatic nitrogens is 1. The van der Waals surface area contributed by atoms with Crippen LogP contribution >= 0.6 is 52.1 Å². The molecule has 8 heteroatoms. The SMILES string of the molecule is Cl.Cl.NCC1CCCCN1C(=O)CCc1nc2cc(Br)ccc2s1. The molecule has 1 unspecified atom stereocenters. The van der Waals surface area contributed by atoms with Gasteiger partial charge in [0, 0.05) is 36.4 Å². The van der Waals surface area contributed by atoms with Crippen LogP contribution < -0.4 is 5.73 Å². The topological polar surface area (TPSA) is 59.2 Å². The summed E-state index contributed by atoms with van der Waals surface area (Å²) in [6.07, 6.45) is 4.55. The van der Waals surface area contributed by atoms with Crippen molar-refractivity contribution < 1.29 is 4.79 Å². The van der Waals surface area contributed by atoms with E-state index in [0.717, 1.165) is 34.4 Å². The van der Waals surface area contributed by atoms with E-state index >= 15 is 0 Å². The zero-order chi connectivity index (χ0) is 15.5. The van der Waals surface area contributed by atoms with E-state index in [1.807, 2.05) is 17.0 Å². The van der Waals surface area contributed by atoms with E-state index in [1.54, 1.807) is 11.3 Å². The van der Waals surface area contributed by atoms with Crippen LogP contribution in [0.3, 0.4) is 0 Å². The predicted molar refractivity (Wildman–Crippen MR) is 109 cm³/mol. The van der Waals surface area contributed by atoms with Crippen LogP contribution in [0.4, 0.5) is 0 Å². The molecule has 0 spiro atoms. The maximum atomic E-state index is 12.4. The van der Waals surface area contributed by atoms with E-state index in [1.165, 1.54) is 11.1 Å². The quantitative estimate of drug-likeness (QED) is 0.753. The number of hydrogen-bond donors (Lipinski definition) is 1. The summed E-state index contributed by atoms with van der Waals surface area (Å²) in [6, 6.07) is 6.34. The number of thiazole rings is 1. The zero-order valence-electron chi connectivity index (χ0n) is 13.2. The molecule has 1 aliphatic rings. The third-order valence-electron chi connectivity index (χ3n) is 4.17. The monoisotopic (exact) mass is 453 g/mol. The van der Waals surface area contributed by atoms with Crippen LogP contribution in [0.15, 0.2) is 22.7 Å². The number of halogens is 3. The van der Waals surface area contributed by atoms with Crippen molar-refractivity contribution in [3.8, 4) is 0 Å². The maximum Gasteiger partial charge on any atom is 0.223 e. The number of aryl methyl sites for hydroxylation is 1. The Morgan fingerprint density at radius 2 is 2.17 bits per heavy atom. The summed E-state index contributed by atoms with van der Waals surface area (Å²) in [4.78, 5) is 19.1. The molecule has 2 aromatic rings.